The summed E-state index contributed by atoms with van der Waals surface area (Å²) in [6.45, 7) is 10.5. The molecule has 18 heteroatoms. The number of pyridine rings is 2. The van der Waals surface area contributed by atoms with Gasteiger partial charge in [-0.2, -0.15) is 21.6 Å². The molecule has 0 unspecified atom stereocenters. The van der Waals surface area contributed by atoms with E-state index in [0.29, 0.717) is 25.3 Å². The van der Waals surface area contributed by atoms with Gasteiger partial charge >= 0.3 is 12.3 Å². The number of rotatable bonds is 14. The van der Waals surface area contributed by atoms with Gasteiger partial charge in [0.05, 0.1) is 17.6 Å². The van der Waals surface area contributed by atoms with Crippen molar-refractivity contribution < 1.29 is 40.7 Å². The number of anilines is 2. The maximum absolute atomic E-state index is 13.5. The summed E-state index contributed by atoms with van der Waals surface area (Å²) in [7, 11) is -4.50. The molecular formula is C40H47ClF3N7O6S. The highest BCUT2D eigenvalue weighted by molar-refractivity contribution is 7.90. The lowest BCUT2D eigenvalue weighted by Gasteiger charge is -2.33. The summed E-state index contributed by atoms with van der Waals surface area (Å²) in [4.78, 5) is 38.6. The molecule has 2 amide bonds. The molecule has 13 nitrogen and oxygen atoms in total. The molecular weight excluding hydrogens is 799 g/mol. The lowest BCUT2D eigenvalue weighted by molar-refractivity contribution is -0.190. The smallest absolute Gasteiger partial charge is 0.410 e. The summed E-state index contributed by atoms with van der Waals surface area (Å²) < 4.78 is 81.2. The van der Waals surface area contributed by atoms with Gasteiger partial charge in [0.15, 0.2) is 10.8 Å². The van der Waals surface area contributed by atoms with Crippen molar-refractivity contribution in [3.05, 3.63) is 83.6 Å². The summed E-state index contributed by atoms with van der Waals surface area (Å²) in [5.74, 6) is -0.229. The Morgan fingerprint density at radius 1 is 1.00 bits per heavy atom. The summed E-state index contributed by atoms with van der Waals surface area (Å²) >= 11 is 6.34. The van der Waals surface area contributed by atoms with Crippen molar-refractivity contribution in [1.29, 1.82) is 0 Å². The molecule has 58 heavy (non-hydrogen) atoms. The first-order chi connectivity index (χ1) is 27.2. The lowest BCUT2D eigenvalue weighted by Crippen LogP contribution is -2.45. The molecule has 1 saturated carbocycles. The number of aromatic nitrogens is 4. The Labute approximate surface area is 340 Å². The van der Waals surface area contributed by atoms with Crippen molar-refractivity contribution in [3.63, 3.8) is 0 Å². The highest BCUT2D eigenvalue weighted by Gasteiger charge is 2.62. The normalized spacial score (nSPS) is 17.5. The second-order valence-electron chi connectivity index (χ2n) is 16.4. The number of benzene rings is 1. The Morgan fingerprint density at radius 3 is 2.38 bits per heavy atom. The standard InChI is InChI=1S/C40H47ClF3N7O6S/c1-37(2,3)57-36(53)50-26-27(25-38(50,4)5)11-10-22-49(28-12-7-6-8-13-28)30-14-9-15-33(45-30)58(54,55)48-35(52)29-16-17-31(46-34(29)41)51-23-18-32(47-51)56-24-21-39(19-20-39)40(42,43)44/h6-9,12-18,23,27H,10-11,19-22,24-26H2,1-5H3,(H,48,52)/t27-/m0/s1. The van der Waals surface area contributed by atoms with Crippen LogP contribution >= 0.6 is 11.6 Å². The maximum atomic E-state index is 13.5. The van der Waals surface area contributed by atoms with Crippen LogP contribution in [0.5, 0.6) is 5.88 Å². The van der Waals surface area contributed by atoms with E-state index >= 15 is 0 Å². The molecule has 1 atom stereocenters. The second kappa shape index (κ2) is 16.4. The molecule has 1 aliphatic heterocycles. The van der Waals surface area contributed by atoms with E-state index in [4.69, 9.17) is 21.1 Å². The Kier molecular flexibility index (Phi) is 12.1. The molecule has 0 spiro atoms. The van der Waals surface area contributed by atoms with Crippen molar-refractivity contribution >= 4 is 45.1 Å². The number of para-hydroxylation sites is 1. The lowest BCUT2D eigenvalue weighted by atomic mass is 9.93. The first kappa shape index (κ1) is 42.7. The number of ether oxygens (including phenoxy) is 2. The molecule has 4 heterocycles. The average molecular weight is 846 g/mol. The van der Waals surface area contributed by atoms with E-state index in [1.165, 1.54) is 35.1 Å². The van der Waals surface area contributed by atoms with Gasteiger partial charge in [-0.1, -0.05) is 35.9 Å². The van der Waals surface area contributed by atoms with Gasteiger partial charge in [-0.3, -0.25) is 4.79 Å². The topological polar surface area (TPSA) is 149 Å². The summed E-state index contributed by atoms with van der Waals surface area (Å²) in [5.41, 5.74) is -2.11. The molecule has 1 aliphatic carbocycles. The fraction of sp³-hybridized carbons (Fsp3) is 0.475. The van der Waals surface area contributed by atoms with E-state index in [0.717, 1.165) is 18.5 Å². The predicted molar refractivity (Wildman–Crippen MR) is 211 cm³/mol. The number of hydrogen-bond donors (Lipinski definition) is 1. The number of hydrogen-bond acceptors (Lipinski definition) is 10. The summed E-state index contributed by atoms with van der Waals surface area (Å²) in [6, 6.07) is 18.0. The van der Waals surface area contributed by atoms with Gasteiger partial charge in [0.25, 0.3) is 15.9 Å². The number of nitrogens with one attached hydrogen (secondary N) is 1. The highest BCUT2D eigenvalue weighted by atomic mass is 35.5. The first-order valence-corrected chi connectivity index (χ1v) is 20.8. The largest absolute Gasteiger partial charge is 0.477 e. The van der Waals surface area contributed by atoms with Gasteiger partial charge in [-0.05, 0) is 115 Å². The van der Waals surface area contributed by atoms with Crippen LogP contribution in [0.15, 0.2) is 78.0 Å². The fourth-order valence-corrected chi connectivity index (χ4v) is 8.25. The summed E-state index contributed by atoms with van der Waals surface area (Å²) in [5, 5.41) is 3.46. The average Bonchev–Trinajstić information content (AvgIpc) is 3.69. The number of sulfonamides is 1. The Balaban J connectivity index is 1.09. The van der Waals surface area contributed by atoms with E-state index < -0.39 is 38.1 Å². The number of carbonyl (C=O) groups is 2. The third-order valence-electron chi connectivity index (χ3n) is 10.3. The monoisotopic (exact) mass is 845 g/mol. The minimum Gasteiger partial charge on any atom is -0.477 e. The van der Waals surface area contributed by atoms with Crippen LogP contribution < -0.4 is 14.4 Å². The van der Waals surface area contributed by atoms with Crippen molar-refractivity contribution in [2.45, 2.75) is 95.5 Å². The molecule has 1 N–H and O–H groups in total. The van der Waals surface area contributed by atoms with E-state index in [1.807, 2.05) is 74.6 Å². The third kappa shape index (κ3) is 10.0. The zero-order valence-electron chi connectivity index (χ0n) is 32.9. The quantitative estimate of drug-likeness (QED) is 0.123. The van der Waals surface area contributed by atoms with Gasteiger partial charge in [0.2, 0.25) is 5.88 Å². The van der Waals surface area contributed by atoms with Crippen LogP contribution in [0.1, 0.15) is 83.5 Å². The van der Waals surface area contributed by atoms with Gasteiger partial charge in [-0.15, -0.1) is 5.10 Å². The van der Waals surface area contributed by atoms with Crippen LogP contribution in [0.3, 0.4) is 0 Å². The van der Waals surface area contributed by atoms with Crippen molar-refractivity contribution in [1.82, 2.24) is 29.4 Å². The van der Waals surface area contributed by atoms with E-state index in [-0.39, 0.29) is 65.8 Å². The SMILES string of the molecule is CC(C)(C)OC(=O)N1C[C@@H](CCCN(c2ccccc2)c2cccc(S(=O)(=O)NC(=O)c3ccc(-n4ccc(OCCC5(C(F)(F)F)CC5)n4)nc3Cl)n2)CC1(C)C. The van der Waals surface area contributed by atoms with Crippen molar-refractivity contribution in [2.75, 3.05) is 24.6 Å². The van der Waals surface area contributed by atoms with Gasteiger partial charge in [0.1, 0.15) is 16.6 Å². The van der Waals surface area contributed by atoms with Crippen LogP contribution in [0.4, 0.5) is 29.5 Å². The Bertz CT molecular complexity index is 2230. The molecule has 4 aromatic rings. The Hall–Kier alpha value is -4.90. The van der Waals surface area contributed by atoms with Gasteiger partial charge in [0, 0.05) is 36.6 Å². The Morgan fingerprint density at radius 2 is 1.72 bits per heavy atom. The molecule has 1 aromatic carbocycles. The minimum atomic E-state index is -4.50. The van der Waals surface area contributed by atoms with E-state index in [1.54, 1.807) is 17.0 Å². The molecule has 0 bridgehead atoms. The molecule has 1 saturated heterocycles. The number of halogens is 4. The number of likely N-dealkylation sites (tertiary alicyclic amines) is 1. The minimum absolute atomic E-state index is 0.0774. The highest BCUT2D eigenvalue weighted by Crippen LogP contribution is 2.59. The molecule has 6 rings (SSSR count). The van der Waals surface area contributed by atoms with Gasteiger partial charge < -0.3 is 19.3 Å². The van der Waals surface area contributed by atoms with Gasteiger partial charge in [-0.25, -0.2) is 24.2 Å². The predicted octanol–water partition coefficient (Wildman–Crippen LogP) is 8.50. The molecule has 312 valence electrons. The zero-order chi connectivity index (χ0) is 42.1. The van der Waals surface area contributed by atoms with Crippen molar-refractivity contribution in [2.24, 2.45) is 11.3 Å². The zero-order valence-corrected chi connectivity index (χ0v) is 34.5. The van der Waals surface area contributed by atoms with E-state index in [2.05, 4.69) is 15.1 Å². The maximum Gasteiger partial charge on any atom is 0.410 e. The number of alkyl halides is 3. The number of nitrogens with zero attached hydrogens (tertiary/aromatic N) is 6. The third-order valence-corrected chi connectivity index (χ3v) is 11.8. The molecule has 2 fully saturated rings. The number of amides is 2. The molecule has 3 aromatic heterocycles. The second-order valence-corrected chi connectivity index (χ2v) is 18.3. The molecule has 2 aliphatic rings. The van der Waals surface area contributed by atoms with Crippen LogP contribution in [-0.2, 0) is 14.8 Å². The van der Waals surface area contributed by atoms with Crippen molar-refractivity contribution in [3.8, 4) is 11.7 Å². The van der Waals surface area contributed by atoms with E-state index in [9.17, 15) is 31.2 Å². The first-order valence-electron chi connectivity index (χ1n) is 19.0. The summed E-state index contributed by atoms with van der Waals surface area (Å²) in [6.07, 6.45) is -0.853. The van der Waals surface area contributed by atoms with Crippen LogP contribution in [0.25, 0.3) is 5.82 Å². The number of carbonyl (C=O) groups excluding carboxylic acids is 2. The molecule has 0 radical (unpaired) electrons. The van der Waals surface area contributed by atoms with Crippen LogP contribution in [0.2, 0.25) is 5.15 Å². The van der Waals surface area contributed by atoms with Crippen LogP contribution in [0, 0.1) is 11.3 Å². The van der Waals surface area contributed by atoms with Crippen LogP contribution in [-0.4, -0.2) is 82.1 Å². The fourth-order valence-electron chi connectivity index (χ4n) is 7.08.